The molecule has 0 atom stereocenters. The summed E-state index contributed by atoms with van der Waals surface area (Å²) in [4.78, 5) is 0. The van der Waals surface area contributed by atoms with Crippen LogP contribution in [0.25, 0.3) is 0 Å². The minimum atomic E-state index is 0.603. The quantitative estimate of drug-likeness (QED) is 0.730. The fourth-order valence-corrected chi connectivity index (χ4v) is 1.67. The van der Waals surface area contributed by atoms with Crippen molar-refractivity contribution in [3.05, 3.63) is 29.8 Å². The third-order valence-electron chi connectivity index (χ3n) is 2.66. The van der Waals surface area contributed by atoms with Crippen molar-refractivity contribution in [1.29, 1.82) is 0 Å². The van der Waals surface area contributed by atoms with Crippen LogP contribution in [0.15, 0.2) is 34.5 Å². The zero-order valence-corrected chi connectivity index (χ0v) is 13.3. The van der Waals surface area contributed by atoms with Gasteiger partial charge < -0.3 is 0 Å². The van der Waals surface area contributed by atoms with Crippen molar-refractivity contribution in [1.82, 2.24) is 0 Å². The van der Waals surface area contributed by atoms with E-state index in [9.17, 15) is 0 Å². The Morgan fingerprint density at radius 2 is 1.58 bits per heavy atom. The average molecular weight is 258 g/mol. The second kappa shape index (κ2) is 10.5. The molecule has 0 fully saturated rings. The van der Waals surface area contributed by atoms with E-state index in [1.807, 2.05) is 33.9 Å². The first-order valence-corrected chi connectivity index (χ1v) is 7.42. The molecule has 0 amide bonds. The van der Waals surface area contributed by atoms with Crippen molar-refractivity contribution in [3.8, 4) is 0 Å². The molecule has 1 aliphatic heterocycles. The van der Waals surface area contributed by atoms with Crippen LogP contribution in [0.4, 0.5) is 0 Å². The molecule has 1 aliphatic rings. The SMILES string of the molecule is CB(C)c1ccc(CC2=NN=CC2)cc1.CC.CC. The topological polar surface area (TPSA) is 24.7 Å². The Balaban J connectivity index is 0.000000741. The zero-order chi connectivity index (χ0) is 14.7. The van der Waals surface area contributed by atoms with E-state index in [0.29, 0.717) is 6.71 Å². The van der Waals surface area contributed by atoms with Crippen LogP contribution in [0.2, 0.25) is 13.6 Å². The smallest absolute Gasteiger partial charge is 0.163 e. The number of rotatable bonds is 3. The van der Waals surface area contributed by atoms with E-state index >= 15 is 0 Å². The van der Waals surface area contributed by atoms with Gasteiger partial charge in [0.05, 0.1) is 5.71 Å². The molecule has 19 heavy (non-hydrogen) atoms. The van der Waals surface area contributed by atoms with Crippen molar-refractivity contribution >= 4 is 24.1 Å². The highest BCUT2D eigenvalue weighted by atomic mass is 15.2. The third kappa shape index (κ3) is 6.37. The number of nitrogens with zero attached hydrogens (tertiary/aromatic N) is 2. The molecule has 0 saturated carbocycles. The van der Waals surface area contributed by atoms with E-state index in [4.69, 9.17) is 0 Å². The van der Waals surface area contributed by atoms with Gasteiger partial charge in [0.2, 0.25) is 0 Å². The predicted octanol–water partition coefficient (Wildman–Crippen LogP) is 4.07. The van der Waals surface area contributed by atoms with Gasteiger partial charge in [0, 0.05) is 19.1 Å². The van der Waals surface area contributed by atoms with E-state index in [1.54, 1.807) is 0 Å². The highest BCUT2D eigenvalue weighted by molar-refractivity contribution is 6.70. The van der Waals surface area contributed by atoms with Crippen LogP contribution in [0.5, 0.6) is 0 Å². The van der Waals surface area contributed by atoms with Gasteiger partial charge in [0.25, 0.3) is 0 Å². The maximum absolute atomic E-state index is 4.07. The van der Waals surface area contributed by atoms with Crippen LogP contribution in [-0.4, -0.2) is 18.6 Å². The average Bonchev–Trinajstić information content (AvgIpc) is 2.97. The summed E-state index contributed by atoms with van der Waals surface area (Å²) in [6.07, 6.45) is 3.70. The largest absolute Gasteiger partial charge is 0.169 e. The van der Waals surface area contributed by atoms with Crippen LogP contribution in [0, 0.1) is 0 Å². The summed E-state index contributed by atoms with van der Waals surface area (Å²) in [5.41, 5.74) is 3.87. The molecule has 2 rings (SSSR count). The van der Waals surface area contributed by atoms with Gasteiger partial charge in [-0.05, 0) is 5.56 Å². The molecule has 0 unspecified atom stereocenters. The molecule has 0 aromatic heterocycles. The Hall–Kier alpha value is -1.38. The van der Waals surface area contributed by atoms with Gasteiger partial charge >= 0.3 is 0 Å². The molecule has 1 aromatic rings. The summed E-state index contributed by atoms with van der Waals surface area (Å²) in [5, 5.41) is 7.94. The van der Waals surface area contributed by atoms with Gasteiger partial charge in [-0.15, -0.1) is 0 Å². The first-order valence-electron chi connectivity index (χ1n) is 7.42. The summed E-state index contributed by atoms with van der Waals surface area (Å²) in [6, 6.07) is 8.79. The summed E-state index contributed by atoms with van der Waals surface area (Å²) in [5.74, 6) is 0. The van der Waals surface area contributed by atoms with Gasteiger partial charge in [-0.3, -0.25) is 0 Å². The minimum absolute atomic E-state index is 0.603. The molecular weight excluding hydrogens is 231 g/mol. The van der Waals surface area contributed by atoms with Gasteiger partial charge in [-0.1, -0.05) is 71.1 Å². The lowest BCUT2D eigenvalue weighted by molar-refractivity contribution is 1.22. The summed E-state index contributed by atoms with van der Waals surface area (Å²) in [6.45, 7) is 13.0. The minimum Gasteiger partial charge on any atom is -0.163 e. The second-order valence-electron chi connectivity index (χ2n) is 4.24. The highest BCUT2D eigenvalue weighted by Gasteiger charge is 2.06. The van der Waals surface area contributed by atoms with Crippen LogP contribution in [-0.2, 0) is 6.42 Å². The molecule has 3 heteroatoms. The number of benzene rings is 1. The zero-order valence-electron chi connectivity index (χ0n) is 13.3. The molecule has 0 radical (unpaired) electrons. The normalized spacial score (nSPS) is 11.8. The van der Waals surface area contributed by atoms with E-state index in [0.717, 1.165) is 18.6 Å². The van der Waals surface area contributed by atoms with Crippen molar-refractivity contribution in [3.63, 3.8) is 0 Å². The molecule has 2 nitrogen and oxygen atoms in total. The van der Waals surface area contributed by atoms with Gasteiger partial charge in [0.1, 0.15) is 0 Å². The summed E-state index contributed by atoms with van der Waals surface area (Å²) < 4.78 is 0. The molecule has 0 saturated heterocycles. The van der Waals surface area contributed by atoms with Crippen molar-refractivity contribution in [2.75, 3.05) is 0 Å². The maximum Gasteiger partial charge on any atom is 0.169 e. The van der Waals surface area contributed by atoms with Crippen molar-refractivity contribution in [2.24, 2.45) is 10.2 Å². The standard InChI is InChI=1S/C12H15BN2.2C2H6/c1-13(2)11-5-3-10(4-6-11)9-12-7-8-14-15-12;2*1-2/h3-6,8H,7,9H2,1-2H3;2*1-2H3. The lowest BCUT2D eigenvalue weighted by Crippen LogP contribution is -2.22. The third-order valence-corrected chi connectivity index (χ3v) is 2.66. The Kier molecular flexibility index (Phi) is 9.78. The van der Waals surface area contributed by atoms with Crippen molar-refractivity contribution in [2.45, 2.75) is 54.2 Å². The van der Waals surface area contributed by atoms with Gasteiger partial charge in [0.15, 0.2) is 6.71 Å². The Labute approximate surface area is 119 Å². The molecule has 0 N–H and O–H groups in total. The lowest BCUT2D eigenvalue weighted by Gasteiger charge is -2.04. The first kappa shape index (κ1) is 17.6. The van der Waals surface area contributed by atoms with E-state index in [1.165, 1.54) is 11.0 Å². The summed E-state index contributed by atoms with van der Waals surface area (Å²) >= 11 is 0. The van der Waals surface area contributed by atoms with Crippen LogP contribution in [0.3, 0.4) is 0 Å². The molecular formula is C16H27BN2. The molecule has 104 valence electrons. The summed E-state index contributed by atoms with van der Waals surface area (Å²) in [7, 11) is 0. The van der Waals surface area contributed by atoms with Gasteiger partial charge in [-0.25, -0.2) is 0 Å². The van der Waals surface area contributed by atoms with E-state index < -0.39 is 0 Å². The fourth-order valence-electron chi connectivity index (χ4n) is 1.67. The van der Waals surface area contributed by atoms with Crippen LogP contribution in [0.1, 0.15) is 39.7 Å². The highest BCUT2D eigenvalue weighted by Crippen LogP contribution is 2.05. The Bertz CT molecular complexity index is 392. The molecule has 1 aromatic carbocycles. The Morgan fingerprint density at radius 3 is 2.00 bits per heavy atom. The fraction of sp³-hybridized carbons (Fsp3) is 0.500. The lowest BCUT2D eigenvalue weighted by atomic mass is 9.49. The Morgan fingerprint density at radius 1 is 1.00 bits per heavy atom. The molecule has 0 aliphatic carbocycles. The number of hydrogen-bond donors (Lipinski definition) is 0. The maximum atomic E-state index is 4.07. The molecule has 0 spiro atoms. The van der Waals surface area contributed by atoms with Crippen LogP contribution >= 0.6 is 0 Å². The van der Waals surface area contributed by atoms with Gasteiger partial charge in [-0.2, -0.15) is 10.2 Å². The van der Waals surface area contributed by atoms with E-state index in [-0.39, 0.29) is 0 Å². The molecule has 1 heterocycles. The number of hydrogen-bond acceptors (Lipinski definition) is 2. The van der Waals surface area contributed by atoms with Crippen LogP contribution < -0.4 is 5.46 Å². The van der Waals surface area contributed by atoms with Crippen molar-refractivity contribution < 1.29 is 0 Å². The monoisotopic (exact) mass is 258 g/mol. The van der Waals surface area contributed by atoms with E-state index in [2.05, 4.69) is 48.1 Å². The second-order valence-corrected chi connectivity index (χ2v) is 4.24. The molecule has 0 bridgehead atoms. The first-order chi connectivity index (χ1) is 9.25. The predicted molar refractivity (Wildman–Crippen MR) is 90.5 cm³/mol.